The van der Waals surface area contributed by atoms with Crippen molar-refractivity contribution in [2.24, 2.45) is 5.73 Å². The van der Waals surface area contributed by atoms with Crippen LogP contribution in [0.25, 0.3) is 0 Å². The zero-order chi connectivity index (χ0) is 12.1. The Kier molecular flexibility index (Phi) is 4.09. The molecule has 17 heavy (non-hydrogen) atoms. The van der Waals surface area contributed by atoms with Gasteiger partial charge in [-0.25, -0.2) is 0 Å². The standard InChI is InChI=1S/C13H19N3O/c14-13(17)10-16-8-1-2-11(5-9-16)12-3-6-15-7-4-12/h3-4,6-7,11H,1-2,5,8-10H2,(H2,14,17). The van der Waals surface area contributed by atoms with Crippen LogP contribution in [0.2, 0.25) is 0 Å². The lowest BCUT2D eigenvalue weighted by Crippen LogP contribution is -2.34. The van der Waals surface area contributed by atoms with E-state index in [1.165, 1.54) is 12.0 Å². The molecular weight excluding hydrogens is 214 g/mol. The van der Waals surface area contributed by atoms with Gasteiger partial charge >= 0.3 is 0 Å². The second kappa shape index (κ2) is 5.77. The molecule has 0 saturated carbocycles. The first-order valence-electron chi connectivity index (χ1n) is 6.16. The molecule has 4 heteroatoms. The zero-order valence-electron chi connectivity index (χ0n) is 10.0. The third-order valence-electron chi connectivity index (χ3n) is 3.38. The van der Waals surface area contributed by atoms with Crippen molar-refractivity contribution in [3.8, 4) is 0 Å². The molecule has 92 valence electrons. The van der Waals surface area contributed by atoms with Crippen molar-refractivity contribution in [3.63, 3.8) is 0 Å². The highest BCUT2D eigenvalue weighted by molar-refractivity contribution is 5.75. The smallest absolute Gasteiger partial charge is 0.231 e. The van der Waals surface area contributed by atoms with Gasteiger partial charge in [-0.3, -0.25) is 14.7 Å². The quantitative estimate of drug-likeness (QED) is 0.851. The second-order valence-electron chi connectivity index (χ2n) is 4.65. The average Bonchev–Trinajstić information content (AvgIpc) is 2.55. The summed E-state index contributed by atoms with van der Waals surface area (Å²) < 4.78 is 0. The number of likely N-dealkylation sites (tertiary alicyclic amines) is 1. The van der Waals surface area contributed by atoms with E-state index in [4.69, 9.17) is 5.73 Å². The van der Waals surface area contributed by atoms with Crippen molar-refractivity contribution in [2.45, 2.75) is 25.2 Å². The third-order valence-corrected chi connectivity index (χ3v) is 3.38. The Morgan fingerprint density at radius 2 is 2.12 bits per heavy atom. The molecule has 2 heterocycles. The van der Waals surface area contributed by atoms with Crippen molar-refractivity contribution in [1.82, 2.24) is 9.88 Å². The Morgan fingerprint density at radius 3 is 2.82 bits per heavy atom. The topological polar surface area (TPSA) is 59.2 Å². The molecule has 1 atom stereocenters. The molecule has 1 amide bonds. The Hall–Kier alpha value is -1.42. The lowest BCUT2D eigenvalue weighted by molar-refractivity contribution is -0.119. The summed E-state index contributed by atoms with van der Waals surface area (Å²) in [6.07, 6.45) is 7.10. The van der Waals surface area contributed by atoms with Gasteiger partial charge in [0, 0.05) is 12.4 Å². The fourth-order valence-electron chi connectivity index (χ4n) is 2.50. The van der Waals surface area contributed by atoms with Gasteiger partial charge in [0.05, 0.1) is 6.54 Å². The van der Waals surface area contributed by atoms with Crippen LogP contribution in [0.1, 0.15) is 30.7 Å². The molecule has 0 bridgehead atoms. The van der Waals surface area contributed by atoms with Crippen LogP contribution in [0.3, 0.4) is 0 Å². The maximum Gasteiger partial charge on any atom is 0.231 e. The summed E-state index contributed by atoms with van der Waals surface area (Å²) in [7, 11) is 0. The van der Waals surface area contributed by atoms with Gasteiger partial charge in [-0.15, -0.1) is 0 Å². The first-order valence-corrected chi connectivity index (χ1v) is 6.16. The number of hydrogen-bond donors (Lipinski definition) is 1. The summed E-state index contributed by atoms with van der Waals surface area (Å²) >= 11 is 0. The largest absolute Gasteiger partial charge is 0.369 e. The monoisotopic (exact) mass is 233 g/mol. The molecule has 2 N–H and O–H groups in total. The van der Waals surface area contributed by atoms with E-state index in [9.17, 15) is 4.79 Å². The van der Waals surface area contributed by atoms with E-state index >= 15 is 0 Å². The van der Waals surface area contributed by atoms with Gasteiger partial charge in [-0.05, 0) is 56.0 Å². The summed E-state index contributed by atoms with van der Waals surface area (Å²) in [5, 5.41) is 0. The number of hydrogen-bond acceptors (Lipinski definition) is 3. The molecule has 0 aromatic carbocycles. The number of carbonyl (C=O) groups is 1. The first-order chi connectivity index (χ1) is 8.25. The highest BCUT2D eigenvalue weighted by Gasteiger charge is 2.18. The molecule has 0 spiro atoms. The van der Waals surface area contributed by atoms with Crippen LogP contribution in [0, 0.1) is 0 Å². The van der Waals surface area contributed by atoms with Gasteiger partial charge in [-0.1, -0.05) is 0 Å². The zero-order valence-corrected chi connectivity index (χ0v) is 10.0. The molecule has 1 aromatic rings. The molecule has 0 radical (unpaired) electrons. The maximum absolute atomic E-state index is 10.9. The van der Waals surface area contributed by atoms with E-state index in [0.29, 0.717) is 12.5 Å². The highest BCUT2D eigenvalue weighted by atomic mass is 16.1. The number of pyridine rings is 1. The first kappa shape index (κ1) is 12.0. The molecule has 1 unspecified atom stereocenters. The van der Waals surface area contributed by atoms with Gasteiger partial charge in [0.2, 0.25) is 5.91 Å². The Labute approximate surface area is 102 Å². The van der Waals surface area contributed by atoms with E-state index in [2.05, 4.69) is 22.0 Å². The van der Waals surface area contributed by atoms with Crippen molar-refractivity contribution < 1.29 is 4.79 Å². The molecule has 1 fully saturated rings. The predicted molar refractivity (Wildman–Crippen MR) is 66.5 cm³/mol. The van der Waals surface area contributed by atoms with Crippen LogP contribution in [-0.4, -0.2) is 35.4 Å². The van der Waals surface area contributed by atoms with Crippen molar-refractivity contribution >= 4 is 5.91 Å². The number of aromatic nitrogens is 1. The van der Waals surface area contributed by atoms with Crippen LogP contribution >= 0.6 is 0 Å². The van der Waals surface area contributed by atoms with Crippen LogP contribution < -0.4 is 5.73 Å². The summed E-state index contributed by atoms with van der Waals surface area (Å²) in [5.74, 6) is 0.364. The lowest BCUT2D eigenvalue weighted by Gasteiger charge is -2.18. The van der Waals surface area contributed by atoms with Gasteiger partial charge in [0.15, 0.2) is 0 Å². The Morgan fingerprint density at radius 1 is 1.35 bits per heavy atom. The molecular formula is C13H19N3O. The van der Waals surface area contributed by atoms with Gasteiger partial charge in [0.25, 0.3) is 0 Å². The molecule has 0 aliphatic carbocycles. The summed E-state index contributed by atoms with van der Waals surface area (Å²) in [5.41, 5.74) is 6.59. The molecule has 1 aliphatic heterocycles. The number of rotatable bonds is 3. The van der Waals surface area contributed by atoms with Crippen molar-refractivity contribution in [2.75, 3.05) is 19.6 Å². The number of nitrogens with two attached hydrogens (primary N) is 1. The van der Waals surface area contributed by atoms with Crippen molar-refractivity contribution in [1.29, 1.82) is 0 Å². The molecule has 1 aromatic heterocycles. The van der Waals surface area contributed by atoms with Crippen LogP contribution in [-0.2, 0) is 4.79 Å². The maximum atomic E-state index is 10.9. The number of carbonyl (C=O) groups excluding carboxylic acids is 1. The Balaban J connectivity index is 1.94. The fourth-order valence-corrected chi connectivity index (χ4v) is 2.50. The summed E-state index contributed by atoms with van der Waals surface area (Å²) in [6.45, 7) is 2.32. The van der Waals surface area contributed by atoms with E-state index in [1.54, 1.807) is 0 Å². The molecule has 1 saturated heterocycles. The minimum Gasteiger partial charge on any atom is -0.369 e. The van der Waals surface area contributed by atoms with E-state index in [-0.39, 0.29) is 5.91 Å². The van der Waals surface area contributed by atoms with Gasteiger partial charge < -0.3 is 5.73 Å². The van der Waals surface area contributed by atoms with Crippen molar-refractivity contribution in [3.05, 3.63) is 30.1 Å². The van der Waals surface area contributed by atoms with Crippen LogP contribution in [0.5, 0.6) is 0 Å². The number of primary amides is 1. The number of amides is 1. The van der Waals surface area contributed by atoms with Crippen LogP contribution in [0.15, 0.2) is 24.5 Å². The average molecular weight is 233 g/mol. The normalized spacial score (nSPS) is 22.0. The Bertz CT molecular complexity index is 366. The molecule has 4 nitrogen and oxygen atoms in total. The van der Waals surface area contributed by atoms with Gasteiger partial charge in [0.1, 0.15) is 0 Å². The SMILES string of the molecule is NC(=O)CN1CCCC(c2ccncc2)CC1. The molecule has 2 rings (SSSR count). The van der Waals surface area contributed by atoms with E-state index < -0.39 is 0 Å². The van der Waals surface area contributed by atoms with Crippen LogP contribution in [0.4, 0.5) is 0 Å². The van der Waals surface area contributed by atoms with E-state index in [1.807, 2.05) is 12.4 Å². The van der Waals surface area contributed by atoms with E-state index in [0.717, 1.165) is 25.9 Å². The predicted octanol–water partition coefficient (Wildman–Crippen LogP) is 1.14. The molecule has 1 aliphatic rings. The highest BCUT2D eigenvalue weighted by Crippen LogP contribution is 2.27. The van der Waals surface area contributed by atoms with Gasteiger partial charge in [-0.2, -0.15) is 0 Å². The summed E-state index contributed by atoms with van der Waals surface area (Å²) in [4.78, 5) is 17.1. The summed E-state index contributed by atoms with van der Waals surface area (Å²) in [6, 6.07) is 4.18. The fraction of sp³-hybridized carbons (Fsp3) is 0.538. The number of nitrogens with zero attached hydrogens (tertiary/aromatic N) is 2. The second-order valence-corrected chi connectivity index (χ2v) is 4.65. The minimum absolute atomic E-state index is 0.229. The minimum atomic E-state index is -0.229. The third kappa shape index (κ3) is 3.53. The lowest BCUT2D eigenvalue weighted by atomic mass is 9.93.